The molecule has 0 aliphatic heterocycles. The summed E-state index contributed by atoms with van der Waals surface area (Å²) in [5.41, 5.74) is 3.79. The van der Waals surface area contributed by atoms with E-state index in [0.717, 1.165) is 11.4 Å². The van der Waals surface area contributed by atoms with Crippen molar-refractivity contribution in [3.05, 3.63) is 102 Å². The van der Waals surface area contributed by atoms with Crippen molar-refractivity contribution in [2.24, 2.45) is 0 Å². The fraction of sp³-hybridized carbons (Fsp3) is 0.0800. The summed E-state index contributed by atoms with van der Waals surface area (Å²) < 4.78 is 13.3. The number of hydrogen-bond donors (Lipinski definition) is 3. The summed E-state index contributed by atoms with van der Waals surface area (Å²) in [7, 11) is 0. The predicted octanol–water partition coefficient (Wildman–Crippen LogP) is 5.97. The Morgan fingerprint density at radius 3 is 1.91 bits per heavy atom. The quantitative estimate of drug-likeness (QED) is 0.353. The number of rotatable bonds is 6. The van der Waals surface area contributed by atoms with Crippen molar-refractivity contribution in [3.63, 3.8) is 0 Å². The summed E-state index contributed by atoms with van der Waals surface area (Å²) in [6.07, 6.45) is 0. The van der Waals surface area contributed by atoms with Gasteiger partial charge in [0.05, 0.1) is 0 Å². The van der Waals surface area contributed by atoms with E-state index in [1.165, 1.54) is 23.8 Å². The number of nitrogens with one attached hydrogen (secondary N) is 3. The van der Waals surface area contributed by atoms with Gasteiger partial charge < -0.3 is 16.0 Å². The molecule has 0 atom stereocenters. The molecule has 3 N–H and O–H groups in total. The van der Waals surface area contributed by atoms with Crippen LogP contribution in [0, 0.1) is 19.7 Å². The monoisotopic (exact) mass is 427 g/mol. The lowest BCUT2D eigenvalue weighted by atomic mass is 10.2. The van der Waals surface area contributed by atoms with Gasteiger partial charge in [0.2, 0.25) is 0 Å². The zero-order chi connectivity index (χ0) is 22.5. The summed E-state index contributed by atoms with van der Waals surface area (Å²) in [6.45, 7) is 3.87. The van der Waals surface area contributed by atoms with Gasteiger partial charge in [-0.25, -0.2) is 14.4 Å². The van der Waals surface area contributed by atoms with Crippen molar-refractivity contribution in [3.8, 4) is 0 Å². The molecule has 160 valence electrons. The van der Waals surface area contributed by atoms with E-state index >= 15 is 0 Å². The molecule has 1 amide bonds. The van der Waals surface area contributed by atoms with Gasteiger partial charge in [-0.2, -0.15) is 0 Å². The van der Waals surface area contributed by atoms with Gasteiger partial charge in [0.25, 0.3) is 5.91 Å². The standard InChI is InChI=1S/C25H22FN5O/c1-16-6-8-20(9-7-16)29-23-15-24(28-17(2)27-23)30-21-10-12-22(13-11-21)31-25(32)18-4-3-5-19(26)14-18/h3-15H,1-2H3,(H,31,32)(H2,27,28,29,30). The number of halogens is 1. The van der Waals surface area contributed by atoms with E-state index in [1.807, 2.05) is 56.3 Å². The third kappa shape index (κ3) is 5.46. The summed E-state index contributed by atoms with van der Waals surface area (Å²) in [5, 5.41) is 9.29. The highest BCUT2D eigenvalue weighted by Gasteiger charge is 2.08. The molecule has 0 bridgehead atoms. The van der Waals surface area contributed by atoms with Gasteiger partial charge in [-0.15, -0.1) is 0 Å². The number of aromatic nitrogens is 2. The predicted molar refractivity (Wildman–Crippen MR) is 125 cm³/mol. The summed E-state index contributed by atoms with van der Waals surface area (Å²) in [4.78, 5) is 21.1. The molecule has 0 aliphatic carbocycles. The maximum Gasteiger partial charge on any atom is 0.255 e. The molecule has 0 unspecified atom stereocenters. The van der Waals surface area contributed by atoms with Gasteiger partial charge in [-0.1, -0.05) is 23.8 Å². The second kappa shape index (κ2) is 9.26. The smallest absolute Gasteiger partial charge is 0.255 e. The van der Waals surface area contributed by atoms with E-state index in [4.69, 9.17) is 0 Å². The van der Waals surface area contributed by atoms with Crippen LogP contribution in [0.25, 0.3) is 0 Å². The first-order chi connectivity index (χ1) is 15.4. The number of anilines is 5. The van der Waals surface area contributed by atoms with Crippen LogP contribution in [0.4, 0.5) is 33.1 Å². The van der Waals surface area contributed by atoms with Crippen LogP contribution in [0.5, 0.6) is 0 Å². The van der Waals surface area contributed by atoms with Gasteiger partial charge in [0.1, 0.15) is 23.3 Å². The van der Waals surface area contributed by atoms with Crippen LogP contribution >= 0.6 is 0 Å². The minimum atomic E-state index is -0.450. The highest BCUT2D eigenvalue weighted by atomic mass is 19.1. The van der Waals surface area contributed by atoms with Crippen LogP contribution in [-0.2, 0) is 0 Å². The third-order valence-electron chi connectivity index (χ3n) is 4.66. The Bertz CT molecular complexity index is 1240. The number of hydrogen-bond acceptors (Lipinski definition) is 5. The molecule has 0 radical (unpaired) electrons. The lowest BCUT2D eigenvalue weighted by Crippen LogP contribution is -2.12. The van der Waals surface area contributed by atoms with Crippen molar-refractivity contribution in [1.82, 2.24) is 9.97 Å². The van der Waals surface area contributed by atoms with Crippen LogP contribution in [-0.4, -0.2) is 15.9 Å². The fourth-order valence-electron chi connectivity index (χ4n) is 3.10. The Labute approximate surface area is 185 Å². The number of amides is 1. The van der Waals surface area contributed by atoms with E-state index in [9.17, 15) is 9.18 Å². The number of carbonyl (C=O) groups is 1. The zero-order valence-corrected chi connectivity index (χ0v) is 17.7. The van der Waals surface area contributed by atoms with Gasteiger partial charge in [0.15, 0.2) is 0 Å². The minimum absolute atomic E-state index is 0.261. The lowest BCUT2D eigenvalue weighted by molar-refractivity contribution is 0.102. The van der Waals surface area contributed by atoms with Crippen molar-refractivity contribution < 1.29 is 9.18 Å². The van der Waals surface area contributed by atoms with Crippen LogP contribution in [0.15, 0.2) is 78.9 Å². The fourth-order valence-corrected chi connectivity index (χ4v) is 3.10. The van der Waals surface area contributed by atoms with Crippen LogP contribution < -0.4 is 16.0 Å². The number of benzene rings is 3. The molecule has 0 aliphatic rings. The number of nitrogens with zero attached hydrogens (tertiary/aromatic N) is 2. The summed E-state index contributed by atoms with van der Waals surface area (Å²) in [6, 6.07) is 22.6. The highest BCUT2D eigenvalue weighted by molar-refractivity contribution is 6.04. The molecule has 1 aromatic heterocycles. The molecule has 0 spiro atoms. The van der Waals surface area contributed by atoms with Crippen LogP contribution in [0.2, 0.25) is 0 Å². The second-order valence-electron chi connectivity index (χ2n) is 7.34. The van der Waals surface area contributed by atoms with E-state index in [1.54, 1.807) is 18.2 Å². The molecule has 0 saturated carbocycles. The highest BCUT2D eigenvalue weighted by Crippen LogP contribution is 2.22. The molecule has 7 heteroatoms. The first-order valence-corrected chi connectivity index (χ1v) is 10.1. The average molecular weight is 427 g/mol. The maximum atomic E-state index is 13.3. The number of aryl methyl sites for hydroxylation is 2. The Hall–Kier alpha value is -4.26. The Balaban J connectivity index is 1.43. The third-order valence-corrected chi connectivity index (χ3v) is 4.66. The molecule has 4 rings (SSSR count). The lowest BCUT2D eigenvalue weighted by Gasteiger charge is -2.11. The summed E-state index contributed by atoms with van der Waals surface area (Å²) >= 11 is 0. The van der Waals surface area contributed by atoms with E-state index in [2.05, 4.69) is 25.9 Å². The van der Waals surface area contributed by atoms with Crippen molar-refractivity contribution >= 4 is 34.6 Å². The molecule has 6 nitrogen and oxygen atoms in total. The molecule has 4 aromatic rings. The normalized spacial score (nSPS) is 10.5. The zero-order valence-electron chi connectivity index (χ0n) is 17.7. The van der Waals surface area contributed by atoms with Crippen LogP contribution in [0.1, 0.15) is 21.7 Å². The molecule has 0 fully saturated rings. The Morgan fingerprint density at radius 2 is 1.31 bits per heavy atom. The van der Waals surface area contributed by atoms with Crippen molar-refractivity contribution in [2.45, 2.75) is 13.8 Å². The molecular weight excluding hydrogens is 405 g/mol. The van der Waals surface area contributed by atoms with Gasteiger partial charge in [0, 0.05) is 28.7 Å². The van der Waals surface area contributed by atoms with Crippen molar-refractivity contribution in [2.75, 3.05) is 16.0 Å². The first-order valence-electron chi connectivity index (χ1n) is 10.1. The van der Waals surface area contributed by atoms with Crippen molar-refractivity contribution in [1.29, 1.82) is 0 Å². The Kier molecular flexibility index (Phi) is 6.07. The number of carbonyl (C=O) groups excluding carboxylic acids is 1. The molecule has 0 saturated heterocycles. The molecule has 32 heavy (non-hydrogen) atoms. The van der Waals surface area contributed by atoms with Gasteiger partial charge in [-0.05, 0) is 68.4 Å². The van der Waals surface area contributed by atoms with E-state index < -0.39 is 5.82 Å². The molecular formula is C25H22FN5O. The Morgan fingerprint density at radius 1 is 0.750 bits per heavy atom. The minimum Gasteiger partial charge on any atom is -0.340 e. The molecule has 3 aromatic carbocycles. The molecule has 1 heterocycles. The summed E-state index contributed by atoms with van der Waals surface area (Å²) in [5.74, 6) is 1.13. The van der Waals surface area contributed by atoms with Gasteiger partial charge in [-0.3, -0.25) is 4.79 Å². The maximum absolute atomic E-state index is 13.3. The van der Waals surface area contributed by atoms with Gasteiger partial charge >= 0.3 is 0 Å². The van der Waals surface area contributed by atoms with E-state index in [-0.39, 0.29) is 11.5 Å². The average Bonchev–Trinajstić information content (AvgIpc) is 2.76. The largest absolute Gasteiger partial charge is 0.340 e. The SMILES string of the molecule is Cc1ccc(Nc2cc(Nc3ccc(NC(=O)c4cccc(F)c4)cc3)nc(C)n2)cc1. The van der Waals surface area contributed by atoms with Crippen LogP contribution in [0.3, 0.4) is 0 Å². The van der Waals surface area contributed by atoms with E-state index in [0.29, 0.717) is 23.1 Å². The first kappa shape index (κ1) is 21.0. The second-order valence-corrected chi connectivity index (χ2v) is 7.34. The topological polar surface area (TPSA) is 78.9 Å².